The monoisotopic (exact) mass is 299 g/mol. The minimum absolute atomic E-state index is 0.262. The van der Waals surface area contributed by atoms with Gasteiger partial charge in [0, 0.05) is 20.0 Å². The van der Waals surface area contributed by atoms with E-state index in [1.54, 1.807) is 18.2 Å². The van der Waals surface area contributed by atoms with E-state index in [1.807, 2.05) is 18.0 Å². The maximum atomic E-state index is 13.0. The smallest absolute Gasteiger partial charge is 0.158 e. The van der Waals surface area contributed by atoms with Crippen molar-refractivity contribution in [1.82, 2.24) is 10.3 Å². The Morgan fingerprint density at radius 1 is 1.18 bits per heavy atom. The van der Waals surface area contributed by atoms with Crippen molar-refractivity contribution < 1.29 is 13.8 Å². The van der Waals surface area contributed by atoms with Crippen LogP contribution in [-0.2, 0) is 17.8 Å². The molecule has 3 rings (SSSR count). The van der Waals surface area contributed by atoms with Crippen molar-refractivity contribution in [3.8, 4) is 0 Å². The Labute approximate surface area is 126 Å². The van der Waals surface area contributed by atoms with Gasteiger partial charge in [0.2, 0.25) is 0 Å². The maximum Gasteiger partial charge on any atom is 0.158 e. The molecule has 0 saturated carbocycles. The third-order valence-electron chi connectivity index (χ3n) is 3.46. The summed E-state index contributed by atoms with van der Waals surface area (Å²) in [5, 5.41) is 7.77. The molecule has 0 N–H and O–H groups in total. The lowest BCUT2D eigenvalue weighted by Crippen LogP contribution is -2.17. The highest BCUT2D eigenvalue weighted by Gasteiger charge is 2.13. The van der Waals surface area contributed by atoms with Crippen LogP contribution in [0.25, 0.3) is 11.0 Å². The van der Waals surface area contributed by atoms with Crippen molar-refractivity contribution in [2.75, 3.05) is 11.9 Å². The molecule has 0 bridgehead atoms. The Morgan fingerprint density at radius 2 is 1.95 bits per heavy atom. The van der Waals surface area contributed by atoms with Gasteiger partial charge in [0.1, 0.15) is 17.6 Å². The number of carbonyl (C=O) groups excluding carboxylic acids is 1. The molecule has 0 amide bonds. The van der Waals surface area contributed by atoms with Crippen molar-refractivity contribution in [3.63, 3.8) is 0 Å². The Kier molecular flexibility index (Phi) is 3.82. The van der Waals surface area contributed by atoms with Gasteiger partial charge in [0.25, 0.3) is 0 Å². The van der Waals surface area contributed by atoms with Gasteiger partial charge in [0.15, 0.2) is 5.52 Å². The lowest BCUT2D eigenvalue weighted by molar-refractivity contribution is -0.107. The van der Waals surface area contributed by atoms with Crippen LogP contribution in [0, 0.1) is 5.82 Å². The standard InChI is InChI=1S/C16H14FN3O2/c1-20(10-11-2-4-13(17)5-3-11)15-9-12(6-7-21)8-14-16(15)19-22-18-14/h2-5,7-9H,6,10H2,1H3. The van der Waals surface area contributed by atoms with Crippen LogP contribution in [0.15, 0.2) is 41.0 Å². The van der Waals surface area contributed by atoms with Crippen LogP contribution in [-0.4, -0.2) is 23.6 Å². The van der Waals surface area contributed by atoms with Crippen LogP contribution < -0.4 is 4.90 Å². The van der Waals surface area contributed by atoms with E-state index in [4.69, 9.17) is 4.63 Å². The zero-order chi connectivity index (χ0) is 15.5. The summed E-state index contributed by atoms with van der Waals surface area (Å²) >= 11 is 0. The van der Waals surface area contributed by atoms with Gasteiger partial charge < -0.3 is 9.69 Å². The summed E-state index contributed by atoms with van der Waals surface area (Å²) in [5.74, 6) is -0.262. The van der Waals surface area contributed by atoms with E-state index in [9.17, 15) is 9.18 Å². The second kappa shape index (κ2) is 5.93. The summed E-state index contributed by atoms with van der Waals surface area (Å²) < 4.78 is 17.8. The third kappa shape index (κ3) is 2.81. The van der Waals surface area contributed by atoms with E-state index in [0.29, 0.717) is 24.0 Å². The predicted molar refractivity (Wildman–Crippen MR) is 80.1 cm³/mol. The van der Waals surface area contributed by atoms with Crippen LogP contribution >= 0.6 is 0 Å². The summed E-state index contributed by atoms with van der Waals surface area (Å²) in [6.45, 7) is 0.576. The molecule has 0 saturated heterocycles. The molecule has 0 fully saturated rings. The first kappa shape index (κ1) is 14.2. The van der Waals surface area contributed by atoms with Crippen LogP contribution in [0.2, 0.25) is 0 Å². The molecule has 22 heavy (non-hydrogen) atoms. The zero-order valence-electron chi connectivity index (χ0n) is 12.0. The molecule has 2 aromatic carbocycles. The van der Waals surface area contributed by atoms with Crippen molar-refractivity contribution in [3.05, 3.63) is 53.3 Å². The van der Waals surface area contributed by atoms with Crippen molar-refractivity contribution in [1.29, 1.82) is 0 Å². The SMILES string of the molecule is CN(Cc1ccc(F)cc1)c1cc(CC=O)cc2nonc12. The van der Waals surface area contributed by atoms with E-state index in [0.717, 1.165) is 23.1 Å². The normalized spacial score (nSPS) is 10.8. The summed E-state index contributed by atoms with van der Waals surface area (Å²) in [7, 11) is 1.90. The molecule has 0 aliphatic heterocycles. The number of anilines is 1. The third-order valence-corrected chi connectivity index (χ3v) is 3.46. The first-order valence-corrected chi connectivity index (χ1v) is 6.82. The van der Waals surface area contributed by atoms with Crippen molar-refractivity contribution in [2.24, 2.45) is 0 Å². The molecule has 0 aliphatic rings. The fourth-order valence-electron chi connectivity index (χ4n) is 2.38. The summed E-state index contributed by atoms with van der Waals surface area (Å²) in [4.78, 5) is 12.7. The lowest BCUT2D eigenvalue weighted by Gasteiger charge is -2.20. The number of hydrogen-bond acceptors (Lipinski definition) is 5. The molecular weight excluding hydrogens is 285 g/mol. The van der Waals surface area contributed by atoms with Crippen LogP contribution in [0.5, 0.6) is 0 Å². The van der Waals surface area contributed by atoms with Crippen molar-refractivity contribution in [2.45, 2.75) is 13.0 Å². The van der Waals surface area contributed by atoms with Gasteiger partial charge in [-0.1, -0.05) is 12.1 Å². The first-order valence-electron chi connectivity index (χ1n) is 6.82. The molecule has 6 heteroatoms. The number of benzene rings is 2. The molecule has 0 unspecified atom stereocenters. The quantitative estimate of drug-likeness (QED) is 0.678. The molecule has 3 aromatic rings. The average molecular weight is 299 g/mol. The van der Waals surface area contributed by atoms with E-state index in [2.05, 4.69) is 10.3 Å². The number of halogens is 1. The molecule has 5 nitrogen and oxygen atoms in total. The predicted octanol–water partition coefficient (Wildman–Crippen LogP) is 2.74. The highest BCUT2D eigenvalue weighted by atomic mass is 19.1. The molecule has 112 valence electrons. The fraction of sp³-hybridized carbons (Fsp3) is 0.188. The Bertz CT molecular complexity index is 799. The van der Waals surface area contributed by atoms with Crippen LogP contribution in [0.3, 0.4) is 0 Å². The minimum Gasteiger partial charge on any atom is -0.368 e. The first-order chi connectivity index (χ1) is 10.7. The highest BCUT2D eigenvalue weighted by Crippen LogP contribution is 2.27. The average Bonchev–Trinajstić information content (AvgIpc) is 2.97. The Hall–Kier alpha value is -2.76. The lowest BCUT2D eigenvalue weighted by atomic mass is 10.1. The van der Waals surface area contributed by atoms with E-state index < -0.39 is 0 Å². The number of rotatable bonds is 5. The van der Waals surface area contributed by atoms with Gasteiger partial charge in [-0.3, -0.25) is 0 Å². The minimum atomic E-state index is -0.262. The second-order valence-electron chi connectivity index (χ2n) is 5.10. The van der Waals surface area contributed by atoms with Gasteiger partial charge in [0.05, 0.1) is 5.69 Å². The molecule has 0 radical (unpaired) electrons. The van der Waals surface area contributed by atoms with E-state index in [-0.39, 0.29) is 5.82 Å². The Morgan fingerprint density at radius 3 is 2.68 bits per heavy atom. The van der Waals surface area contributed by atoms with Crippen molar-refractivity contribution >= 4 is 23.0 Å². The molecule has 0 aliphatic carbocycles. The fourth-order valence-corrected chi connectivity index (χ4v) is 2.38. The number of fused-ring (bicyclic) bond motifs is 1. The number of aromatic nitrogens is 2. The highest BCUT2D eigenvalue weighted by molar-refractivity contribution is 5.88. The van der Waals surface area contributed by atoms with Gasteiger partial charge in [-0.25, -0.2) is 9.02 Å². The summed E-state index contributed by atoms with van der Waals surface area (Å²) in [5.41, 5.74) is 3.88. The number of hydrogen-bond donors (Lipinski definition) is 0. The summed E-state index contributed by atoms with van der Waals surface area (Å²) in [6, 6.07) is 10.0. The van der Waals surface area contributed by atoms with Crippen LogP contribution in [0.1, 0.15) is 11.1 Å². The summed E-state index contributed by atoms with van der Waals surface area (Å²) in [6.07, 6.45) is 1.15. The number of nitrogens with zero attached hydrogens (tertiary/aromatic N) is 3. The second-order valence-corrected chi connectivity index (χ2v) is 5.10. The topological polar surface area (TPSA) is 59.2 Å². The van der Waals surface area contributed by atoms with E-state index in [1.165, 1.54) is 12.1 Å². The van der Waals surface area contributed by atoms with E-state index >= 15 is 0 Å². The maximum absolute atomic E-state index is 13.0. The van der Waals surface area contributed by atoms with Crippen LogP contribution in [0.4, 0.5) is 10.1 Å². The molecule has 0 atom stereocenters. The zero-order valence-corrected chi connectivity index (χ0v) is 12.0. The van der Waals surface area contributed by atoms with Gasteiger partial charge in [-0.05, 0) is 45.7 Å². The Balaban J connectivity index is 1.94. The van der Waals surface area contributed by atoms with Gasteiger partial charge in [-0.15, -0.1) is 0 Å². The molecular formula is C16H14FN3O2. The molecule has 0 spiro atoms. The number of aldehydes is 1. The number of carbonyl (C=O) groups is 1. The van der Waals surface area contributed by atoms with Gasteiger partial charge >= 0.3 is 0 Å². The largest absolute Gasteiger partial charge is 0.368 e. The molecule has 1 aromatic heterocycles. The molecule has 1 heterocycles. The van der Waals surface area contributed by atoms with Gasteiger partial charge in [-0.2, -0.15) is 0 Å².